The molecule has 0 saturated carbocycles. The molecule has 5 heteroatoms. The summed E-state index contributed by atoms with van der Waals surface area (Å²) in [5.74, 6) is 1.12. The van der Waals surface area contributed by atoms with Crippen molar-refractivity contribution in [2.75, 3.05) is 11.4 Å². The summed E-state index contributed by atoms with van der Waals surface area (Å²) >= 11 is 5.49. The van der Waals surface area contributed by atoms with E-state index < -0.39 is 0 Å². The van der Waals surface area contributed by atoms with Gasteiger partial charge >= 0.3 is 0 Å². The molecule has 3 nitrogen and oxygen atoms in total. The number of anilines is 1. The molecule has 3 aromatic rings. The van der Waals surface area contributed by atoms with Crippen molar-refractivity contribution >= 4 is 38.7 Å². The highest BCUT2D eigenvalue weighted by atomic mass is 79.9. The predicted octanol–water partition coefficient (Wildman–Crippen LogP) is 3.85. The van der Waals surface area contributed by atoms with E-state index in [-0.39, 0.29) is 0 Å². The summed E-state index contributed by atoms with van der Waals surface area (Å²) in [6.07, 6.45) is 3.21. The summed E-state index contributed by atoms with van der Waals surface area (Å²) in [7, 11) is 0. The lowest BCUT2D eigenvalue weighted by Crippen LogP contribution is -2.30. The van der Waals surface area contributed by atoms with Crippen LogP contribution in [0.15, 0.2) is 35.8 Å². The number of pyridine rings is 1. The van der Waals surface area contributed by atoms with Crippen LogP contribution < -0.4 is 4.90 Å². The van der Waals surface area contributed by atoms with Crippen LogP contribution >= 0.6 is 27.3 Å². The fraction of sp³-hybridized carbons (Fsp3) is 0.267. The summed E-state index contributed by atoms with van der Waals surface area (Å²) in [5.41, 5.74) is 3.71. The molecule has 0 amide bonds. The molecule has 0 unspecified atom stereocenters. The molecule has 0 N–H and O–H groups in total. The predicted molar refractivity (Wildman–Crippen MR) is 86.9 cm³/mol. The molecule has 0 aromatic carbocycles. The van der Waals surface area contributed by atoms with Crippen molar-refractivity contribution in [3.63, 3.8) is 0 Å². The van der Waals surface area contributed by atoms with Crippen LogP contribution in [0.25, 0.3) is 5.65 Å². The number of thiophene rings is 1. The second-order valence-electron chi connectivity index (χ2n) is 4.99. The van der Waals surface area contributed by atoms with E-state index in [0.29, 0.717) is 0 Å². The molecular weight excluding hydrogens is 334 g/mol. The molecule has 0 atom stereocenters. The Kier molecular flexibility index (Phi) is 3.04. The molecule has 1 aliphatic rings. The molecule has 4 rings (SSSR count). The molecule has 0 fully saturated rings. The van der Waals surface area contributed by atoms with Crippen LogP contribution in [-0.4, -0.2) is 15.9 Å². The molecule has 1 aliphatic heterocycles. The van der Waals surface area contributed by atoms with Crippen molar-refractivity contribution in [2.45, 2.75) is 18.3 Å². The molecular formula is C15H14BrN3S. The quantitative estimate of drug-likeness (QED) is 0.656. The maximum atomic E-state index is 4.83. The standard InChI is InChI=1S/C15H14BrN3S/c16-9-12-15(17-14-3-1-2-6-19(12)14)18-7-4-13-11(10-18)5-8-20-13/h1-3,5-6,8H,4,7,9-10H2. The van der Waals surface area contributed by atoms with Gasteiger partial charge in [-0.2, -0.15) is 0 Å². The number of imidazole rings is 1. The molecule has 0 radical (unpaired) electrons. The highest BCUT2D eigenvalue weighted by Crippen LogP contribution is 2.30. The van der Waals surface area contributed by atoms with Gasteiger partial charge in [0.1, 0.15) is 5.65 Å². The lowest BCUT2D eigenvalue weighted by molar-refractivity contribution is 0.731. The summed E-state index contributed by atoms with van der Waals surface area (Å²) < 4.78 is 2.17. The van der Waals surface area contributed by atoms with E-state index in [0.717, 1.165) is 36.3 Å². The van der Waals surface area contributed by atoms with Crippen LogP contribution in [0.4, 0.5) is 5.82 Å². The Morgan fingerprint density at radius 2 is 2.25 bits per heavy atom. The van der Waals surface area contributed by atoms with Crippen LogP contribution in [0.5, 0.6) is 0 Å². The zero-order chi connectivity index (χ0) is 13.5. The van der Waals surface area contributed by atoms with Crippen LogP contribution in [-0.2, 0) is 18.3 Å². The first-order valence-electron chi connectivity index (χ1n) is 6.69. The highest BCUT2D eigenvalue weighted by molar-refractivity contribution is 9.08. The summed E-state index contributed by atoms with van der Waals surface area (Å²) in [4.78, 5) is 8.76. The monoisotopic (exact) mass is 347 g/mol. The number of nitrogens with zero attached hydrogens (tertiary/aromatic N) is 3. The molecule has 102 valence electrons. The Hall–Kier alpha value is -1.33. The van der Waals surface area contributed by atoms with Gasteiger partial charge in [0.15, 0.2) is 5.82 Å². The summed E-state index contributed by atoms with van der Waals surface area (Å²) in [5, 5.41) is 3.02. The third-order valence-electron chi connectivity index (χ3n) is 3.84. The number of aromatic nitrogens is 2. The first-order chi connectivity index (χ1) is 9.86. The van der Waals surface area contributed by atoms with E-state index in [1.807, 2.05) is 17.4 Å². The Morgan fingerprint density at radius 1 is 1.30 bits per heavy atom. The second-order valence-corrected chi connectivity index (χ2v) is 6.55. The van der Waals surface area contributed by atoms with E-state index in [9.17, 15) is 0 Å². The third kappa shape index (κ3) is 1.88. The number of rotatable bonds is 2. The van der Waals surface area contributed by atoms with Crippen molar-refractivity contribution in [1.29, 1.82) is 0 Å². The van der Waals surface area contributed by atoms with E-state index in [4.69, 9.17) is 4.98 Å². The molecule has 20 heavy (non-hydrogen) atoms. The summed E-state index contributed by atoms with van der Waals surface area (Å²) in [6, 6.07) is 8.40. The Balaban J connectivity index is 1.79. The first kappa shape index (κ1) is 12.4. The van der Waals surface area contributed by atoms with Crippen molar-refractivity contribution in [2.24, 2.45) is 0 Å². The van der Waals surface area contributed by atoms with Crippen LogP contribution in [0.3, 0.4) is 0 Å². The maximum Gasteiger partial charge on any atom is 0.152 e. The fourth-order valence-electron chi connectivity index (χ4n) is 2.84. The minimum Gasteiger partial charge on any atom is -0.350 e. The Labute approximate surface area is 130 Å². The zero-order valence-corrected chi connectivity index (χ0v) is 13.3. The molecule has 4 heterocycles. The maximum absolute atomic E-state index is 4.83. The third-order valence-corrected chi connectivity index (χ3v) is 5.40. The Morgan fingerprint density at radius 3 is 3.15 bits per heavy atom. The van der Waals surface area contributed by atoms with Gasteiger partial charge in [-0.25, -0.2) is 4.98 Å². The van der Waals surface area contributed by atoms with Crippen molar-refractivity contribution in [3.8, 4) is 0 Å². The minimum atomic E-state index is 0.820. The van der Waals surface area contributed by atoms with Crippen molar-refractivity contribution < 1.29 is 0 Å². The SMILES string of the molecule is BrCc1c(N2CCc3sccc3C2)nc2ccccn12. The Bertz CT molecular complexity index is 761. The lowest BCUT2D eigenvalue weighted by Gasteiger charge is -2.27. The van der Waals surface area contributed by atoms with Crippen LogP contribution in [0, 0.1) is 0 Å². The van der Waals surface area contributed by atoms with E-state index in [1.165, 1.54) is 16.1 Å². The second kappa shape index (κ2) is 4.90. The number of halogens is 1. The van der Waals surface area contributed by atoms with Gasteiger partial charge in [-0.05, 0) is 35.6 Å². The number of hydrogen-bond donors (Lipinski definition) is 0. The van der Waals surface area contributed by atoms with E-state index >= 15 is 0 Å². The van der Waals surface area contributed by atoms with Crippen LogP contribution in [0.1, 0.15) is 16.1 Å². The molecule has 0 spiro atoms. The van der Waals surface area contributed by atoms with Gasteiger partial charge in [0, 0.05) is 29.5 Å². The van der Waals surface area contributed by atoms with E-state index in [1.54, 1.807) is 0 Å². The average molecular weight is 348 g/mol. The number of fused-ring (bicyclic) bond motifs is 2. The van der Waals surface area contributed by atoms with Gasteiger partial charge in [-0.15, -0.1) is 11.3 Å². The van der Waals surface area contributed by atoms with Gasteiger partial charge < -0.3 is 9.30 Å². The molecule has 0 saturated heterocycles. The summed E-state index contributed by atoms with van der Waals surface area (Å²) in [6.45, 7) is 2.03. The fourth-order valence-corrected chi connectivity index (χ4v) is 4.25. The largest absolute Gasteiger partial charge is 0.350 e. The van der Waals surface area contributed by atoms with Gasteiger partial charge in [0.2, 0.25) is 0 Å². The topological polar surface area (TPSA) is 20.5 Å². The number of hydrogen-bond acceptors (Lipinski definition) is 3. The van der Waals surface area contributed by atoms with Gasteiger partial charge in [0.25, 0.3) is 0 Å². The first-order valence-corrected chi connectivity index (χ1v) is 8.69. The average Bonchev–Trinajstić information content (AvgIpc) is 3.10. The van der Waals surface area contributed by atoms with Crippen molar-refractivity contribution in [3.05, 3.63) is 52.0 Å². The van der Waals surface area contributed by atoms with Gasteiger partial charge in [0.05, 0.1) is 5.69 Å². The van der Waals surface area contributed by atoms with Gasteiger partial charge in [-0.3, -0.25) is 0 Å². The lowest BCUT2D eigenvalue weighted by atomic mass is 10.1. The molecule has 0 aliphatic carbocycles. The van der Waals surface area contributed by atoms with Crippen LogP contribution in [0.2, 0.25) is 0 Å². The number of alkyl halides is 1. The van der Waals surface area contributed by atoms with Gasteiger partial charge in [-0.1, -0.05) is 22.0 Å². The van der Waals surface area contributed by atoms with Crippen molar-refractivity contribution in [1.82, 2.24) is 9.38 Å². The molecule has 3 aromatic heterocycles. The normalized spacial score (nSPS) is 14.8. The van der Waals surface area contributed by atoms with E-state index in [2.05, 4.69) is 55.0 Å². The molecule has 0 bridgehead atoms. The minimum absolute atomic E-state index is 0.820. The smallest absolute Gasteiger partial charge is 0.152 e. The zero-order valence-electron chi connectivity index (χ0n) is 10.9. The highest BCUT2D eigenvalue weighted by Gasteiger charge is 2.22.